The Morgan fingerprint density at radius 1 is 1.30 bits per heavy atom. The van der Waals surface area contributed by atoms with Gasteiger partial charge in [0.25, 0.3) is 0 Å². The van der Waals surface area contributed by atoms with E-state index in [1.807, 2.05) is 52.8 Å². The summed E-state index contributed by atoms with van der Waals surface area (Å²) in [7, 11) is 1.64. The molecule has 5 heteroatoms. The van der Waals surface area contributed by atoms with Gasteiger partial charge < -0.3 is 14.4 Å². The lowest BCUT2D eigenvalue weighted by molar-refractivity contribution is 0.0270. The molecule has 2 heterocycles. The number of rotatable bonds is 2. The first-order chi connectivity index (χ1) is 10.9. The summed E-state index contributed by atoms with van der Waals surface area (Å²) in [6.07, 6.45) is 4.23. The monoisotopic (exact) mass is 320 g/mol. The van der Waals surface area contributed by atoms with Crippen LogP contribution in [0.3, 0.4) is 0 Å². The number of ether oxygens (including phenoxy) is 2. The Balaban J connectivity index is 0.00000127. The Kier molecular flexibility index (Phi) is 7.07. The van der Waals surface area contributed by atoms with Gasteiger partial charge in [-0.05, 0) is 44.9 Å². The van der Waals surface area contributed by atoms with E-state index < -0.39 is 5.60 Å². The minimum absolute atomic E-state index is 0.272. The van der Waals surface area contributed by atoms with Crippen molar-refractivity contribution in [1.82, 2.24) is 9.88 Å². The van der Waals surface area contributed by atoms with Crippen LogP contribution in [0.15, 0.2) is 24.4 Å². The maximum absolute atomic E-state index is 12.0. The number of carbonyl (C=O) groups is 1. The Morgan fingerprint density at radius 3 is 2.52 bits per heavy atom. The standard InChI is InChI=1S/C16H22N2O3.C2H6/c1-16(2,3)21-15(19)18-10-7-12(8-11-18)14-13(20-4)6-5-9-17-14;1-2/h5-7,9H,8,10-11H2,1-4H3;1-2H3. The van der Waals surface area contributed by atoms with Gasteiger partial charge in [0.1, 0.15) is 17.0 Å². The Labute approximate surface area is 139 Å². The molecule has 0 saturated carbocycles. The van der Waals surface area contributed by atoms with Gasteiger partial charge in [0, 0.05) is 19.3 Å². The van der Waals surface area contributed by atoms with Crippen molar-refractivity contribution >= 4 is 11.7 Å². The molecule has 1 aromatic heterocycles. The van der Waals surface area contributed by atoms with Crippen LogP contribution < -0.4 is 4.74 Å². The van der Waals surface area contributed by atoms with Gasteiger partial charge in [-0.1, -0.05) is 19.9 Å². The van der Waals surface area contributed by atoms with Gasteiger partial charge in [0.15, 0.2) is 0 Å². The molecule has 0 atom stereocenters. The maximum Gasteiger partial charge on any atom is 0.410 e. The van der Waals surface area contributed by atoms with Gasteiger partial charge in [0.05, 0.1) is 7.11 Å². The topological polar surface area (TPSA) is 51.7 Å². The van der Waals surface area contributed by atoms with Crippen LogP contribution in [0.25, 0.3) is 5.57 Å². The summed E-state index contributed by atoms with van der Waals surface area (Å²) in [4.78, 5) is 18.1. The van der Waals surface area contributed by atoms with Crippen LogP contribution in [-0.2, 0) is 4.74 Å². The van der Waals surface area contributed by atoms with E-state index in [4.69, 9.17) is 9.47 Å². The molecule has 0 bridgehead atoms. The smallest absolute Gasteiger partial charge is 0.410 e. The van der Waals surface area contributed by atoms with Crippen molar-refractivity contribution in [1.29, 1.82) is 0 Å². The highest BCUT2D eigenvalue weighted by atomic mass is 16.6. The lowest BCUT2D eigenvalue weighted by Crippen LogP contribution is -2.39. The highest BCUT2D eigenvalue weighted by Gasteiger charge is 2.24. The molecule has 0 N–H and O–H groups in total. The lowest BCUT2D eigenvalue weighted by atomic mass is 10.0. The number of hydrogen-bond acceptors (Lipinski definition) is 4. The average molecular weight is 320 g/mol. The van der Waals surface area contributed by atoms with Crippen LogP contribution in [0.4, 0.5) is 4.79 Å². The van der Waals surface area contributed by atoms with Gasteiger partial charge >= 0.3 is 6.09 Å². The first-order valence-corrected chi connectivity index (χ1v) is 8.07. The fraction of sp³-hybridized carbons (Fsp3) is 0.556. The number of nitrogens with zero attached hydrogens (tertiary/aromatic N) is 2. The Hall–Kier alpha value is -2.04. The summed E-state index contributed by atoms with van der Waals surface area (Å²) >= 11 is 0. The van der Waals surface area contributed by atoms with E-state index in [1.165, 1.54) is 0 Å². The fourth-order valence-electron chi connectivity index (χ4n) is 2.17. The van der Waals surface area contributed by atoms with E-state index in [0.717, 1.165) is 23.4 Å². The van der Waals surface area contributed by atoms with Gasteiger partial charge in [0.2, 0.25) is 0 Å². The summed E-state index contributed by atoms with van der Waals surface area (Å²) in [6, 6.07) is 3.74. The quantitative estimate of drug-likeness (QED) is 0.822. The van der Waals surface area contributed by atoms with E-state index in [2.05, 4.69) is 4.98 Å². The second kappa shape index (κ2) is 8.56. The summed E-state index contributed by atoms with van der Waals surface area (Å²) in [5, 5.41) is 0. The SMILES string of the molecule is CC.COc1cccnc1C1=CCN(C(=O)OC(C)(C)C)CC1. The minimum atomic E-state index is -0.467. The van der Waals surface area contributed by atoms with Gasteiger partial charge in [-0.15, -0.1) is 0 Å². The van der Waals surface area contributed by atoms with Crippen molar-refractivity contribution < 1.29 is 14.3 Å². The molecule has 1 aliphatic rings. The molecule has 0 fully saturated rings. The zero-order chi connectivity index (χ0) is 17.5. The highest BCUT2D eigenvalue weighted by Crippen LogP contribution is 2.28. The van der Waals surface area contributed by atoms with Gasteiger partial charge in [-0.2, -0.15) is 0 Å². The number of methoxy groups -OCH3 is 1. The molecule has 0 aromatic carbocycles. The van der Waals surface area contributed by atoms with Crippen molar-refractivity contribution in [2.45, 2.75) is 46.6 Å². The maximum atomic E-state index is 12.0. The number of carbonyl (C=O) groups excluding carboxylic acids is 1. The molecule has 0 spiro atoms. The molecule has 1 aromatic rings. The van der Waals surface area contributed by atoms with Crippen molar-refractivity contribution in [2.24, 2.45) is 0 Å². The van der Waals surface area contributed by atoms with Gasteiger partial charge in [-0.25, -0.2) is 4.79 Å². The summed E-state index contributed by atoms with van der Waals surface area (Å²) in [5.74, 6) is 0.759. The Bertz CT molecular complexity index is 547. The number of amides is 1. The molecular weight excluding hydrogens is 292 g/mol. The van der Waals surface area contributed by atoms with Crippen LogP contribution in [-0.4, -0.2) is 41.8 Å². The lowest BCUT2D eigenvalue weighted by Gasteiger charge is -2.29. The molecule has 23 heavy (non-hydrogen) atoms. The summed E-state index contributed by atoms with van der Waals surface area (Å²) in [6.45, 7) is 10.8. The molecule has 0 unspecified atom stereocenters. The van der Waals surface area contributed by atoms with Crippen molar-refractivity contribution in [3.05, 3.63) is 30.1 Å². The summed E-state index contributed by atoms with van der Waals surface area (Å²) in [5.41, 5.74) is 1.49. The van der Waals surface area contributed by atoms with Gasteiger partial charge in [-0.3, -0.25) is 4.98 Å². The third-order valence-electron chi connectivity index (χ3n) is 3.16. The van der Waals surface area contributed by atoms with Crippen molar-refractivity contribution in [2.75, 3.05) is 20.2 Å². The third kappa shape index (κ3) is 5.58. The zero-order valence-corrected chi connectivity index (χ0v) is 15.0. The normalized spacial score (nSPS) is 14.3. The fourth-order valence-corrected chi connectivity index (χ4v) is 2.17. The first kappa shape index (κ1) is 19.0. The Morgan fingerprint density at radius 2 is 2.00 bits per heavy atom. The second-order valence-electron chi connectivity index (χ2n) is 5.96. The largest absolute Gasteiger partial charge is 0.494 e. The van der Waals surface area contributed by atoms with Crippen LogP contribution in [0.2, 0.25) is 0 Å². The van der Waals surface area contributed by atoms with E-state index in [1.54, 1.807) is 18.2 Å². The molecule has 1 aliphatic heterocycles. The van der Waals surface area contributed by atoms with Crippen LogP contribution in [0, 0.1) is 0 Å². The third-order valence-corrected chi connectivity index (χ3v) is 3.16. The number of hydrogen-bond donors (Lipinski definition) is 0. The van der Waals surface area contributed by atoms with Crippen molar-refractivity contribution in [3.8, 4) is 5.75 Å². The highest BCUT2D eigenvalue weighted by molar-refractivity contribution is 5.73. The minimum Gasteiger partial charge on any atom is -0.494 e. The number of pyridine rings is 1. The predicted molar refractivity (Wildman–Crippen MR) is 92.5 cm³/mol. The second-order valence-corrected chi connectivity index (χ2v) is 5.96. The molecular formula is C18H28N2O3. The summed E-state index contributed by atoms with van der Waals surface area (Å²) < 4.78 is 10.7. The number of aromatic nitrogens is 1. The molecule has 0 aliphatic carbocycles. The average Bonchev–Trinajstić information content (AvgIpc) is 2.55. The van der Waals surface area contributed by atoms with E-state index in [0.29, 0.717) is 13.1 Å². The van der Waals surface area contributed by atoms with Crippen LogP contribution >= 0.6 is 0 Å². The van der Waals surface area contributed by atoms with Crippen LogP contribution in [0.5, 0.6) is 5.75 Å². The molecule has 128 valence electrons. The van der Waals surface area contributed by atoms with E-state index in [9.17, 15) is 4.79 Å². The zero-order valence-electron chi connectivity index (χ0n) is 15.0. The van der Waals surface area contributed by atoms with E-state index in [-0.39, 0.29) is 6.09 Å². The molecule has 0 saturated heterocycles. The van der Waals surface area contributed by atoms with Crippen LogP contribution in [0.1, 0.15) is 46.7 Å². The van der Waals surface area contributed by atoms with Crippen molar-refractivity contribution in [3.63, 3.8) is 0 Å². The first-order valence-electron chi connectivity index (χ1n) is 8.07. The van der Waals surface area contributed by atoms with E-state index >= 15 is 0 Å². The predicted octanol–water partition coefficient (Wildman–Crippen LogP) is 4.14. The molecule has 2 rings (SSSR count). The molecule has 1 amide bonds. The molecule has 0 radical (unpaired) electrons. The molecule has 5 nitrogen and oxygen atoms in total.